The Kier molecular flexibility index (Phi) is 9.91. The van der Waals surface area contributed by atoms with Crippen molar-refractivity contribution in [2.75, 3.05) is 53.4 Å². The summed E-state index contributed by atoms with van der Waals surface area (Å²) in [5.74, 6) is 0.899. The lowest BCUT2D eigenvalue weighted by Gasteiger charge is -2.36. The lowest BCUT2D eigenvalue weighted by Crippen LogP contribution is -2.53. The van der Waals surface area contributed by atoms with Gasteiger partial charge in [0.15, 0.2) is 11.6 Å². The summed E-state index contributed by atoms with van der Waals surface area (Å²) in [6, 6.07) is 13.9. The van der Waals surface area contributed by atoms with Crippen LogP contribution in [0.3, 0.4) is 0 Å². The first kappa shape index (κ1) is 30.5. The quantitative estimate of drug-likeness (QED) is 0.238. The number of H-pyrrole nitrogens is 1. The largest absolute Gasteiger partial charge is 0.494 e. The second kappa shape index (κ2) is 14.0. The van der Waals surface area contributed by atoms with Crippen LogP contribution in [-0.2, 0) is 17.8 Å². The molecule has 2 aromatic carbocycles. The maximum atomic E-state index is 15.0. The molecule has 4 aromatic rings. The van der Waals surface area contributed by atoms with E-state index >= 15 is 4.39 Å². The van der Waals surface area contributed by atoms with Gasteiger partial charge in [0.05, 0.1) is 18.0 Å². The number of fused-ring (bicyclic) bond motifs is 1. The van der Waals surface area contributed by atoms with Crippen LogP contribution in [0.2, 0.25) is 0 Å². The van der Waals surface area contributed by atoms with E-state index in [0.717, 1.165) is 49.3 Å². The summed E-state index contributed by atoms with van der Waals surface area (Å²) in [5.41, 5.74) is 9.81. The van der Waals surface area contributed by atoms with Crippen LogP contribution in [0.15, 0.2) is 60.9 Å². The molecule has 1 amide bonds. The van der Waals surface area contributed by atoms with Crippen LogP contribution in [0.1, 0.15) is 23.1 Å². The summed E-state index contributed by atoms with van der Waals surface area (Å²) < 4.78 is 26.7. The number of hydrogen-bond donors (Lipinski definition) is 2. The topological polar surface area (TPSA) is 99.9 Å². The van der Waals surface area contributed by atoms with E-state index in [9.17, 15) is 4.79 Å². The number of ether oxygens (including phenoxy) is 2. The monoisotopic (exact) mass is 588 g/mol. The normalized spacial score (nSPS) is 14.8. The molecule has 228 valence electrons. The molecular weight excluding hydrogens is 547 g/mol. The minimum absolute atomic E-state index is 0.107. The summed E-state index contributed by atoms with van der Waals surface area (Å²) in [4.78, 5) is 26.8. The number of hydrogen-bond acceptors (Lipinski definition) is 7. The number of nitrogens with zero attached hydrogens (tertiary/aromatic N) is 4. The lowest BCUT2D eigenvalue weighted by molar-refractivity contribution is -0.134. The smallest absolute Gasteiger partial charge is 0.239 e. The van der Waals surface area contributed by atoms with Crippen LogP contribution in [0, 0.1) is 12.7 Å². The highest BCUT2D eigenvalue weighted by atomic mass is 19.1. The highest BCUT2D eigenvalue weighted by molar-refractivity contribution is 5.86. The van der Waals surface area contributed by atoms with Crippen LogP contribution in [-0.4, -0.2) is 90.0 Å². The zero-order valence-electron chi connectivity index (χ0n) is 25.2. The second-order valence-electron chi connectivity index (χ2n) is 11.4. The zero-order valence-corrected chi connectivity index (χ0v) is 25.2. The fourth-order valence-electron chi connectivity index (χ4n) is 5.36. The number of piperazine rings is 1. The Morgan fingerprint density at radius 3 is 2.53 bits per heavy atom. The summed E-state index contributed by atoms with van der Waals surface area (Å²) in [7, 11) is 4.12. The van der Waals surface area contributed by atoms with Gasteiger partial charge in [-0.05, 0) is 80.9 Å². The number of aromatic amines is 1. The Morgan fingerprint density at radius 1 is 1.07 bits per heavy atom. The van der Waals surface area contributed by atoms with Gasteiger partial charge in [0, 0.05) is 51.7 Å². The van der Waals surface area contributed by atoms with Crippen LogP contribution >= 0.6 is 0 Å². The number of pyridine rings is 1. The number of nitrogens with two attached hydrogens (primary N) is 1. The van der Waals surface area contributed by atoms with Crippen LogP contribution < -0.4 is 15.2 Å². The molecule has 0 bridgehead atoms. The van der Waals surface area contributed by atoms with Crippen molar-refractivity contribution >= 4 is 16.9 Å². The standard InChI is InChI=1S/C33H41FN6O3/c1-23-21-37-32-31(23)30(11-12-36-32)43-29-10-7-25(19-27(29)34)20-28(35)33(41)40-16-14-39(15-17-40)22-24-5-8-26(9-6-24)42-18-4-13-38(2)3/h5-12,19,21,28H,4,13-18,20,22,35H2,1-3H3,(H,36,37)/t28-/m0/s1. The molecular formula is C33H41FN6O3. The van der Waals surface area contributed by atoms with Crippen molar-refractivity contribution < 1.29 is 18.7 Å². The average molecular weight is 589 g/mol. The van der Waals surface area contributed by atoms with Crippen molar-refractivity contribution in [3.8, 4) is 17.2 Å². The van der Waals surface area contributed by atoms with Gasteiger partial charge in [0.25, 0.3) is 0 Å². The third-order valence-electron chi connectivity index (χ3n) is 7.75. The number of aryl methyl sites for hydroxylation is 1. The van der Waals surface area contributed by atoms with Crippen molar-refractivity contribution in [1.82, 2.24) is 24.7 Å². The Labute approximate surface area is 252 Å². The van der Waals surface area contributed by atoms with Crippen LogP contribution in [0.25, 0.3) is 11.0 Å². The first-order chi connectivity index (χ1) is 20.8. The molecule has 0 aliphatic carbocycles. The Balaban J connectivity index is 1.08. The van der Waals surface area contributed by atoms with Gasteiger partial charge in [-0.3, -0.25) is 9.69 Å². The molecule has 10 heteroatoms. The number of nitrogens with one attached hydrogen (secondary N) is 1. The average Bonchev–Trinajstić information content (AvgIpc) is 3.39. The fraction of sp³-hybridized carbons (Fsp3) is 0.394. The summed E-state index contributed by atoms with van der Waals surface area (Å²) in [6.07, 6.45) is 4.69. The molecule has 43 heavy (non-hydrogen) atoms. The van der Waals surface area contributed by atoms with E-state index in [1.807, 2.05) is 30.2 Å². The molecule has 0 spiro atoms. The minimum Gasteiger partial charge on any atom is -0.494 e. The molecule has 2 aromatic heterocycles. The third kappa shape index (κ3) is 7.90. The summed E-state index contributed by atoms with van der Waals surface area (Å²) >= 11 is 0. The maximum absolute atomic E-state index is 15.0. The van der Waals surface area contributed by atoms with Crippen molar-refractivity contribution in [3.63, 3.8) is 0 Å². The van der Waals surface area contributed by atoms with E-state index < -0.39 is 11.9 Å². The number of carbonyl (C=O) groups is 1. The van der Waals surface area contributed by atoms with Crippen molar-refractivity contribution in [1.29, 1.82) is 0 Å². The fourth-order valence-corrected chi connectivity index (χ4v) is 5.36. The number of rotatable bonds is 12. The Bertz CT molecular complexity index is 1520. The summed E-state index contributed by atoms with van der Waals surface area (Å²) in [6.45, 7) is 7.22. The SMILES string of the molecule is Cc1c[nH]c2nccc(Oc3ccc(C[C@H](N)C(=O)N4CCN(Cc5ccc(OCCCN(C)C)cc5)CC4)cc3F)c12. The molecule has 1 saturated heterocycles. The van der Waals surface area contributed by atoms with Crippen molar-refractivity contribution in [3.05, 3.63) is 83.4 Å². The van der Waals surface area contributed by atoms with E-state index in [4.69, 9.17) is 15.2 Å². The minimum atomic E-state index is -0.745. The molecule has 5 rings (SSSR count). The molecule has 1 aliphatic heterocycles. The van der Waals surface area contributed by atoms with Gasteiger partial charge in [-0.25, -0.2) is 9.37 Å². The number of benzene rings is 2. The van der Waals surface area contributed by atoms with Crippen LogP contribution in [0.5, 0.6) is 17.2 Å². The zero-order chi connectivity index (χ0) is 30.3. The van der Waals surface area contributed by atoms with Crippen LogP contribution in [0.4, 0.5) is 4.39 Å². The maximum Gasteiger partial charge on any atom is 0.239 e. The number of aromatic nitrogens is 2. The van der Waals surface area contributed by atoms with Crippen molar-refractivity contribution in [2.45, 2.75) is 32.4 Å². The third-order valence-corrected chi connectivity index (χ3v) is 7.75. The molecule has 3 N–H and O–H groups in total. The first-order valence-corrected chi connectivity index (χ1v) is 14.8. The second-order valence-corrected chi connectivity index (χ2v) is 11.4. The Hall–Kier alpha value is -3.99. The van der Waals surface area contributed by atoms with E-state index in [2.05, 4.69) is 46.0 Å². The molecule has 0 saturated carbocycles. The number of carbonyl (C=O) groups excluding carboxylic acids is 1. The predicted octanol–water partition coefficient (Wildman–Crippen LogP) is 4.35. The molecule has 1 aliphatic rings. The van der Waals surface area contributed by atoms with Gasteiger partial charge in [-0.1, -0.05) is 18.2 Å². The number of amides is 1. The predicted molar refractivity (Wildman–Crippen MR) is 166 cm³/mol. The lowest BCUT2D eigenvalue weighted by atomic mass is 10.0. The number of halogens is 1. The van der Waals surface area contributed by atoms with E-state index in [1.54, 1.807) is 24.4 Å². The van der Waals surface area contributed by atoms with Crippen molar-refractivity contribution in [2.24, 2.45) is 5.73 Å². The van der Waals surface area contributed by atoms with Gasteiger partial charge in [-0.15, -0.1) is 0 Å². The first-order valence-electron chi connectivity index (χ1n) is 14.8. The molecule has 1 fully saturated rings. The molecule has 9 nitrogen and oxygen atoms in total. The van der Waals surface area contributed by atoms with Gasteiger partial charge in [0.1, 0.15) is 17.1 Å². The van der Waals surface area contributed by atoms with E-state index in [-0.39, 0.29) is 18.1 Å². The van der Waals surface area contributed by atoms with Gasteiger partial charge in [0.2, 0.25) is 5.91 Å². The van der Waals surface area contributed by atoms with Gasteiger partial charge in [-0.2, -0.15) is 0 Å². The Morgan fingerprint density at radius 2 is 1.81 bits per heavy atom. The van der Waals surface area contributed by atoms with Gasteiger partial charge >= 0.3 is 0 Å². The molecule has 0 unspecified atom stereocenters. The van der Waals surface area contributed by atoms with E-state index in [0.29, 0.717) is 36.7 Å². The summed E-state index contributed by atoms with van der Waals surface area (Å²) in [5, 5.41) is 0.813. The highest BCUT2D eigenvalue weighted by Crippen LogP contribution is 2.32. The van der Waals surface area contributed by atoms with Gasteiger partial charge < -0.3 is 30.0 Å². The molecule has 0 radical (unpaired) electrons. The molecule has 3 heterocycles. The molecule has 1 atom stereocenters. The highest BCUT2D eigenvalue weighted by Gasteiger charge is 2.26. The van der Waals surface area contributed by atoms with E-state index in [1.165, 1.54) is 11.6 Å².